The Labute approximate surface area is 201 Å². The molecule has 8 heteroatoms. The Morgan fingerprint density at radius 2 is 1.68 bits per heavy atom. The number of nitrogens with one attached hydrogen (secondary N) is 2. The van der Waals surface area contributed by atoms with E-state index in [2.05, 4.69) is 34.7 Å². The number of likely N-dealkylation sites (N-methyl/N-ethyl adjacent to an activating group) is 1. The van der Waals surface area contributed by atoms with Gasteiger partial charge in [0, 0.05) is 25.2 Å². The monoisotopic (exact) mass is 469 g/mol. The maximum atomic E-state index is 12.3. The summed E-state index contributed by atoms with van der Waals surface area (Å²) in [6.07, 6.45) is 1.57. The third-order valence-corrected chi connectivity index (χ3v) is 5.28. The van der Waals surface area contributed by atoms with Crippen LogP contribution in [0.3, 0.4) is 0 Å². The van der Waals surface area contributed by atoms with Gasteiger partial charge in [-0.3, -0.25) is 4.79 Å². The summed E-state index contributed by atoms with van der Waals surface area (Å²) in [5, 5.41) is 5.72. The zero-order valence-electron chi connectivity index (χ0n) is 20.5. The molecule has 0 saturated heterocycles. The average molecular weight is 470 g/mol. The van der Waals surface area contributed by atoms with Gasteiger partial charge in [-0.25, -0.2) is 4.79 Å². The fraction of sp³-hybridized carbons (Fsp3) is 0.462. The summed E-state index contributed by atoms with van der Waals surface area (Å²) in [4.78, 5) is 26.3. The first-order valence-corrected chi connectivity index (χ1v) is 11.6. The maximum absolute atomic E-state index is 12.3. The van der Waals surface area contributed by atoms with E-state index in [0.717, 1.165) is 31.5 Å². The van der Waals surface area contributed by atoms with Gasteiger partial charge in [0.2, 0.25) is 6.79 Å². The quantitative estimate of drug-likeness (QED) is 0.551. The highest BCUT2D eigenvalue weighted by Crippen LogP contribution is 2.32. The number of hydrogen-bond acceptors (Lipinski definition) is 6. The fourth-order valence-corrected chi connectivity index (χ4v) is 3.48. The molecule has 2 amide bonds. The molecule has 0 atom stereocenters. The molecule has 0 saturated carbocycles. The van der Waals surface area contributed by atoms with Gasteiger partial charge in [0.1, 0.15) is 5.60 Å². The van der Waals surface area contributed by atoms with Gasteiger partial charge in [0.25, 0.3) is 5.91 Å². The summed E-state index contributed by atoms with van der Waals surface area (Å²) in [7, 11) is 2.05. The van der Waals surface area contributed by atoms with Crippen molar-refractivity contribution in [3.8, 4) is 11.5 Å². The lowest BCUT2D eigenvalue weighted by Crippen LogP contribution is -2.33. The van der Waals surface area contributed by atoms with Gasteiger partial charge in [-0.2, -0.15) is 0 Å². The highest BCUT2D eigenvalue weighted by Gasteiger charge is 2.17. The number of hydrogen-bond donors (Lipinski definition) is 2. The number of carbonyl (C=O) groups excluding carboxylic acids is 2. The predicted molar refractivity (Wildman–Crippen MR) is 130 cm³/mol. The third kappa shape index (κ3) is 8.26. The van der Waals surface area contributed by atoms with Crippen LogP contribution in [0.1, 0.15) is 48.7 Å². The van der Waals surface area contributed by atoms with E-state index in [4.69, 9.17) is 14.2 Å². The van der Waals surface area contributed by atoms with Crippen molar-refractivity contribution >= 4 is 12.0 Å². The normalized spacial score (nSPS) is 12.5. The van der Waals surface area contributed by atoms with Gasteiger partial charge in [-0.05, 0) is 76.5 Å². The largest absolute Gasteiger partial charge is 0.454 e. The van der Waals surface area contributed by atoms with Crippen molar-refractivity contribution in [2.45, 2.75) is 45.8 Å². The molecule has 0 fully saturated rings. The van der Waals surface area contributed by atoms with Gasteiger partial charge >= 0.3 is 6.09 Å². The fourth-order valence-electron chi connectivity index (χ4n) is 3.48. The van der Waals surface area contributed by atoms with Crippen molar-refractivity contribution in [1.29, 1.82) is 0 Å². The van der Waals surface area contributed by atoms with Crippen LogP contribution in [0.2, 0.25) is 0 Å². The second kappa shape index (κ2) is 11.7. The van der Waals surface area contributed by atoms with Crippen molar-refractivity contribution < 1.29 is 23.8 Å². The number of amides is 2. The minimum Gasteiger partial charge on any atom is -0.454 e. The molecular weight excluding hydrogens is 434 g/mol. The number of carbonyl (C=O) groups is 2. The van der Waals surface area contributed by atoms with E-state index in [1.807, 2.05) is 32.9 Å². The molecule has 0 bridgehead atoms. The second-order valence-electron chi connectivity index (χ2n) is 9.40. The highest BCUT2D eigenvalue weighted by atomic mass is 16.7. The zero-order valence-corrected chi connectivity index (χ0v) is 20.5. The summed E-state index contributed by atoms with van der Waals surface area (Å²) in [5.41, 5.74) is 2.35. The first-order valence-electron chi connectivity index (χ1n) is 11.6. The lowest BCUT2D eigenvalue weighted by atomic mass is 10.1. The number of benzene rings is 2. The molecule has 1 aliphatic heterocycles. The van der Waals surface area contributed by atoms with Crippen LogP contribution in [0.5, 0.6) is 11.5 Å². The van der Waals surface area contributed by atoms with Crippen LogP contribution < -0.4 is 20.1 Å². The number of rotatable bonds is 10. The SMILES string of the molecule is CN(CCCc1ccc(CNC(=O)OC(C)(C)C)cc1)CCNC(=O)c1ccc2c(c1)OCO2. The van der Waals surface area contributed by atoms with Crippen molar-refractivity contribution in [2.75, 3.05) is 33.5 Å². The van der Waals surface area contributed by atoms with E-state index >= 15 is 0 Å². The smallest absolute Gasteiger partial charge is 0.407 e. The van der Waals surface area contributed by atoms with Gasteiger partial charge < -0.3 is 29.7 Å². The number of fused-ring (bicyclic) bond motifs is 1. The van der Waals surface area contributed by atoms with Crippen LogP contribution in [0.15, 0.2) is 42.5 Å². The number of ether oxygens (including phenoxy) is 3. The third-order valence-electron chi connectivity index (χ3n) is 5.28. The molecule has 1 heterocycles. The van der Waals surface area contributed by atoms with E-state index < -0.39 is 11.7 Å². The Kier molecular flexibility index (Phi) is 8.76. The lowest BCUT2D eigenvalue weighted by molar-refractivity contribution is 0.0523. The van der Waals surface area contributed by atoms with Gasteiger partial charge in [-0.15, -0.1) is 0 Å². The summed E-state index contributed by atoms with van der Waals surface area (Å²) in [5.74, 6) is 1.16. The van der Waals surface area contributed by atoms with Crippen molar-refractivity contribution in [3.05, 3.63) is 59.2 Å². The average Bonchev–Trinajstić information content (AvgIpc) is 3.25. The molecule has 2 aromatic rings. The standard InChI is InChI=1S/C26H35N3O5/c1-26(2,3)34-25(31)28-17-20-9-7-19(8-10-20)6-5-14-29(4)15-13-27-24(30)21-11-12-22-23(16-21)33-18-32-22/h7-12,16H,5-6,13-15,17-18H2,1-4H3,(H,27,30)(H,28,31). The molecular formula is C26H35N3O5. The molecule has 184 valence electrons. The summed E-state index contributed by atoms with van der Waals surface area (Å²) in [6.45, 7) is 8.44. The summed E-state index contributed by atoms with van der Waals surface area (Å²) in [6, 6.07) is 13.5. The second-order valence-corrected chi connectivity index (χ2v) is 9.40. The molecule has 1 aliphatic rings. The van der Waals surface area contributed by atoms with Gasteiger partial charge in [0.15, 0.2) is 11.5 Å². The Morgan fingerprint density at radius 1 is 0.971 bits per heavy atom. The van der Waals surface area contributed by atoms with Crippen LogP contribution in [0.25, 0.3) is 0 Å². The molecule has 3 rings (SSSR count). The van der Waals surface area contributed by atoms with Crippen molar-refractivity contribution in [2.24, 2.45) is 0 Å². The lowest BCUT2D eigenvalue weighted by Gasteiger charge is -2.19. The van der Waals surface area contributed by atoms with E-state index in [9.17, 15) is 9.59 Å². The van der Waals surface area contributed by atoms with Crippen LogP contribution >= 0.6 is 0 Å². The number of alkyl carbamates (subject to hydrolysis) is 1. The minimum atomic E-state index is -0.500. The van der Waals surface area contributed by atoms with Crippen LogP contribution in [-0.2, 0) is 17.7 Å². The van der Waals surface area contributed by atoms with Crippen molar-refractivity contribution in [1.82, 2.24) is 15.5 Å². The molecule has 2 aromatic carbocycles. The maximum Gasteiger partial charge on any atom is 0.407 e. The Hall–Kier alpha value is -3.26. The summed E-state index contributed by atoms with van der Waals surface area (Å²) >= 11 is 0. The first-order chi connectivity index (χ1) is 16.2. The Balaban J connectivity index is 1.30. The number of aryl methyl sites for hydroxylation is 1. The van der Waals surface area contributed by atoms with E-state index in [1.165, 1.54) is 5.56 Å². The summed E-state index contributed by atoms with van der Waals surface area (Å²) < 4.78 is 15.8. The molecule has 0 spiro atoms. The van der Waals surface area contributed by atoms with Gasteiger partial charge in [-0.1, -0.05) is 24.3 Å². The van der Waals surface area contributed by atoms with Crippen molar-refractivity contribution in [3.63, 3.8) is 0 Å². The van der Waals surface area contributed by atoms with E-state index in [-0.39, 0.29) is 12.7 Å². The van der Waals surface area contributed by atoms with Crippen LogP contribution in [-0.4, -0.2) is 56.0 Å². The van der Waals surface area contributed by atoms with E-state index in [1.54, 1.807) is 18.2 Å². The molecule has 8 nitrogen and oxygen atoms in total. The van der Waals surface area contributed by atoms with Crippen LogP contribution in [0.4, 0.5) is 4.79 Å². The molecule has 0 unspecified atom stereocenters. The van der Waals surface area contributed by atoms with Crippen LogP contribution in [0, 0.1) is 0 Å². The Bertz CT molecular complexity index is 969. The molecule has 0 radical (unpaired) electrons. The van der Waals surface area contributed by atoms with Gasteiger partial charge in [0.05, 0.1) is 0 Å². The Morgan fingerprint density at radius 3 is 2.41 bits per heavy atom. The molecule has 0 aromatic heterocycles. The molecule has 34 heavy (non-hydrogen) atoms. The number of nitrogens with zero attached hydrogens (tertiary/aromatic N) is 1. The predicted octanol–water partition coefficient (Wildman–Crippen LogP) is 3.73. The first kappa shape index (κ1) is 25.4. The highest BCUT2D eigenvalue weighted by molar-refractivity contribution is 5.94. The zero-order chi connectivity index (χ0) is 24.6. The molecule has 2 N–H and O–H groups in total. The minimum absolute atomic E-state index is 0.118. The van der Waals surface area contributed by atoms with E-state index in [0.29, 0.717) is 30.2 Å². The topological polar surface area (TPSA) is 89.1 Å². The molecule has 0 aliphatic carbocycles.